The molecule has 3 rings (SSSR count). The van der Waals surface area contributed by atoms with E-state index in [0.29, 0.717) is 18.4 Å². The minimum Gasteiger partial charge on any atom is -0.471 e. The van der Waals surface area contributed by atoms with E-state index in [0.717, 1.165) is 23.2 Å². The summed E-state index contributed by atoms with van der Waals surface area (Å²) in [5, 5.41) is 0. The Kier molecular flexibility index (Phi) is 2.81. The Morgan fingerprint density at radius 3 is 2.88 bits per heavy atom. The second-order valence-corrected chi connectivity index (χ2v) is 5.05. The van der Waals surface area contributed by atoms with Gasteiger partial charge >= 0.3 is 0 Å². The molecule has 2 aliphatic rings. The van der Waals surface area contributed by atoms with Crippen molar-refractivity contribution in [2.24, 2.45) is 0 Å². The molecule has 1 aromatic rings. The van der Waals surface area contributed by atoms with Crippen molar-refractivity contribution in [3.63, 3.8) is 0 Å². The monoisotopic (exact) mass is 284 g/mol. The van der Waals surface area contributed by atoms with E-state index in [4.69, 9.17) is 9.47 Å². The predicted octanol–water partition coefficient (Wildman–Crippen LogP) is 2.28. The lowest BCUT2D eigenvalue weighted by Gasteiger charge is -2.13. The second kappa shape index (κ2) is 4.30. The first-order valence-electron chi connectivity index (χ1n) is 5.59. The normalized spacial score (nSPS) is 24.7. The fourth-order valence-electron chi connectivity index (χ4n) is 1.85. The Hall–Kier alpha value is -0.680. The third-order valence-corrected chi connectivity index (χ3v) is 3.66. The summed E-state index contributed by atoms with van der Waals surface area (Å²) in [4.78, 5) is 8.48. The molecule has 1 atom stereocenters. The summed E-state index contributed by atoms with van der Waals surface area (Å²) in [5.74, 6) is 1.26. The number of hydrogen-bond donors (Lipinski definition) is 0. The van der Waals surface area contributed by atoms with Gasteiger partial charge in [-0.15, -0.1) is 0 Å². The van der Waals surface area contributed by atoms with Crippen LogP contribution in [-0.2, 0) is 4.74 Å². The van der Waals surface area contributed by atoms with E-state index in [1.807, 2.05) is 0 Å². The molecule has 0 aromatic carbocycles. The van der Waals surface area contributed by atoms with Gasteiger partial charge in [0.15, 0.2) is 0 Å². The van der Waals surface area contributed by atoms with Crippen LogP contribution in [0.5, 0.6) is 5.88 Å². The highest BCUT2D eigenvalue weighted by Crippen LogP contribution is 2.44. The van der Waals surface area contributed by atoms with Gasteiger partial charge in [0.1, 0.15) is 16.9 Å². The first kappa shape index (κ1) is 10.5. The summed E-state index contributed by atoms with van der Waals surface area (Å²) in [6.07, 6.45) is 5.11. The SMILES string of the molecule is Brc1c(OC2CCOC2)ncnc1C1CC1. The zero-order valence-electron chi connectivity index (χ0n) is 8.86. The fourth-order valence-corrected chi connectivity index (χ4v) is 2.48. The standard InChI is InChI=1S/C11H13BrN2O2/c12-9-10(7-1-2-7)13-6-14-11(9)16-8-3-4-15-5-8/h6-8H,1-5H2. The molecule has 86 valence electrons. The molecule has 1 unspecified atom stereocenters. The van der Waals surface area contributed by atoms with E-state index in [2.05, 4.69) is 25.9 Å². The molecule has 1 aliphatic heterocycles. The lowest BCUT2D eigenvalue weighted by molar-refractivity contribution is 0.137. The van der Waals surface area contributed by atoms with Crippen LogP contribution >= 0.6 is 15.9 Å². The Bertz CT molecular complexity index is 390. The van der Waals surface area contributed by atoms with Crippen molar-refractivity contribution in [3.8, 4) is 5.88 Å². The zero-order valence-corrected chi connectivity index (χ0v) is 10.4. The number of hydrogen-bond acceptors (Lipinski definition) is 4. The highest BCUT2D eigenvalue weighted by atomic mass is 79.9. The van der Waals surface area contributed by atoms with E-state index in [-0.39, 0.29) is 6.10 Å². The van der Waals surface area contributed by atoms with Gasteiger partial charge in [-0.05, 0) is 28.8 Å². The molecule has 16 heavy (non-hydrogen) atoms. The van der Waals surface area contributed by atoms with Gasteiger partial charge in [-0.1, -0.05) is 0 Å². The van der Waals surface area contributed by atoms with Crippen LogP contribution in [0.1, 0.15) is 30.9 Å². The van der Waals surface area contributed by atoms with Crippen molar-refractivity contribution in [2.45, 2.75) is 31.3 Å². The molecule has 1 aliphatic carbocycles. The number of rotatable bonds is 3. The lowest BCUT2D eigenvalue weighted by atomic mass is 10.3. The third kappa shape index (κ3) is 2.06. The maximum Gasteiger partial charge on any atom is 0.231 e. The van der Waals surface area contributed by atoms with E-state index < -0.39 is 0 Å². The van der Waals surface area contributed by atoms with Crippen LogP contribution in [0, 0.1) is 0 Å². The predicted molar refractivity (Wildman–Crippen MR) is 61.6 cm³/mol. The molecule has 4 nitrogen and oxygen atoms in total. The zero-order chi connectivity index (χ0) is 11.0. The van der Waals surface area contributed by atoms with Crippen LogP contribution in [-0.4, -0.2) is 29.3 Å². The van der Waals surface area contributed by atoms with Crippen molar-refractivity contribution < 1.29 is 9.47 Å². The minimum atomic E-state index is 0.137. The van der Waals surface area contributed by atoms with E-state index in [1.165, 1.54) is 12.8 Å². The van der Waals surface area contributed by atoms with Crippen LogP contribution in [0.2, 0.25) is 0 Å². The number of aromatic nitrogens is 2. The second-order valence-electron chi connectivity index (χ2n) is 4.26. The molecule has 5 heteroatoms. The van der Waals surface area contributed by atoms with Crippen LogP contribution in [0.4, 0.5) is 0 Å². The maximum atomic E-state index is 5.80. The Morgan fingerprint density at radius 2 is 2.19 bits per heavy atom. The molecule has 1 aromatic heterocycles. The molecule has 0 N–H and O–H groups in total. The minimum absolute atomic E-state index is 0.137. The molecule has 0 radical (unpaired) electrons. The lowest BCUT2D eigenvalue weighted by Crippen LogP contribution is -2.17. The summed E-state index contributed by atoms with van der Waals surface area (Å²) in [6.45, 7) is 1.44. The van der Waals surface area contributed by atoms with Gasteiger partial charge in [-0.3, -0.25) is 0 Å². The van der Waals surface area contributed by atoms with Crippen LogP contribution < -0.4 is 4.74 Å². The number of halogens is 1. The van der Waals surface area contributed by atoms with Gasteiger partial charge in [0, 0.05) is 12.3 Å². The summed E-state index contributed by atoms with van der Waals surface area (Å²) >= 11 is 3.54. The van der Waals surface area contributed by atoms with Crippen molar-refractivity contribution in [2.75, 3.05) is 13.2 Å². The highest BCUT2D eigenvalue weighted by Gasteiger charge is 2.29. The fraction of sp³-hybridized carbons (Fsp3) is 0.636. The average Bonchev–Trinajstić information content (AvgIpc) is 3.00. The maximum absolute atomic E-state index is 5.80. The van der Waals surface area contributed by atoms with Gasteiger partial charge < -0.3 is 9.47 Å². The molecule has 1 saturated carbocycles. The summed E-state index contributed by atoms with van der Waals surface area (Å²) in [6, 6.07) is 0. The molecule has 0 bridgehead atoms. The smallest absolute Gasteiger partial charge is 0.231 e. The number of nitrogens with zero attached hydrogens (tertiary/aromatic N) is 2. The van der Waals surface area contributed by atoms with Gasteiger partial charge in [0.2, 0.25) is 5.88 Å². The summed E-state index contributed by atoms with van der Waals surface area (Å²) in [7, 11) is 0. The highest BCUT2D eigenvalue weighted by molar-refractivity contribution is 9.10. The average molecular weight is 285 g/mol. The van der Waals surface area contributed by atoms with Gasteiger partial charge in [0.25, 0.3) is 0 Å². The van der Waals surface area contributed by atoms with Crippen LogP contribution in [0.15, 0.2) is 10.8 Å². The van der Waals surface area contributed by atoms with Gasteiger partial charge in [-0.25, -0.2) is 9.97 Å². The van der Waals surface area contributed by atoms with Gasteiger partial charge in [-0.2, -0.15) is 0 Å². The molecule has 2 fully saturated rings. The largest absolute Gasteiger partial charge is 0.471 e. The summed E-state index contributed by atoms with van der Waals surface area (Å²) in [5.41, 5.74) is 1.09. The molecule has 1 saturated heterocycles. The number of ether oxygens (including phenoxy) is 2. The first-order chi connectivity index (χ1) is 7.84. The Balaban J connectivity index is 1.80. The molecule has 2 heterocycles. The molecular weight excluding hydrogens is 272 g/mol. The van der Waals surface area contributed by atoms with E-state index in [9.17, 15) is 0 Å². The van der Waals surface area contributed by atoms with Crippen molar-refractivity contribution in [3.05, 3.63) is 16.5 Å². The van der Waals surface area contributed by atoms with Crippen molar-refractivity contribution in [1.29, 1.82) is 0 Å². The Labute approximate surface area is 103 Å². The third-order valence-electron chi connectivity index (χ3n) is 2.91. The van der Waals surface area contributed by atoms with Crippen LogP contribution in [0.25, 0.3) is 0 Å². The molecule has 0 amide bonds. The van der Waals surface area contributed by atoms with E-state index in [1.54, 1.807) is 6.33 Å². The van der Waals surface area contributed by atoms with Crippen LogP contribution in [0.3, 0.4) is 0 Å². The van der Waals surface area contributed by atoms with Crippen molar-refractivity contribution in [1.82, 2.24) is 9.97 Å². The summed E-state index contributed by atoms with van der Waals surface area (Å²) < 4.78 is 12.0. The van der Waals surface area contributed by atoms with Gasteiger partial charge in [0.05, 0.1) is 18.9 Å². The first-order valence-corrected chi connectivity index (χ1v) is 6.38. The Morgan fingerprint density at radius 1 is 1.31 bits per heavy atom. The van der Waals surface area contributed by atoms with Crippen molar-refractivity contribution >= 4 is 15.9 Å². The molecular formula is C11H13BrN2O2. The topological polar surface area (TPSA) is 44.2 Å². The van der Waals surface area contributed by atoms with E-state index >= 15 is 0 Å². The quantitative estimate of drug-likeness (QED) is 0.854. The molecule has 0 spiro atoms.